The first-order chi connectivity index (χ1) is 11.8. The Morgan fingerprint density at radius 1 is 1.20 bits per heavy atom. The molecule has 7 heteroatoms. The van der Waals surface area contributed by atoms with E-state index in [-0.39, 0.29) is 11.4 Å². The van der Waals surface area contributed by atoms with E-state index in [0.717, 1.165) is 11.6 Å². The molecule has 0 aliphatic carbocycles. The van der Waals surface area contributed by atoms with Crippen LogP contribution >= 0.6 is 0 Å². The van der Waals surface area contributed by atoms with Crippen molar-refractivity contribution in [2.75, 3.05) is 5.32 Å². The number of aryl methyl sites for hydroxylation is 2. The molecule has 0 saturated heterocycles. The number of imidazole rings is 1. The van der Waals surface area contributed by atoms with Crippen LogP contribution in [0.5, 0.6) is 0 Å². The molecule has 3 aromatic rings. The Balaban J connectivity index is 2.06. The molecular weight excluding hydrogens is 331 g/mol. The number of hydrogen-bond acceptors (Lipinski definition) is 2. The fourth-order valence-electron chi connectivity index (χ4n) is 2.71. The maximum Gasteiger partial charge on any atom is 0.418 e. The highest BCUT2D eigenvalue weighted by Crippen LogP contribution is 2.34. The molecule has 4 nitrogen and oxygen atoms in total. The van der Waals surface area contributed by atoms with Crippen LogP contribution in [0.1, 0.15) is 34.2 Å². The zero-order chi connectivity index (χ0) is 18.2. The maximum atomic E-state index is 13.1. The van der Waals surface area contributed by atoms with E-state index in [4.69, 9.17) is 0 Å². The summed E-state index contributed by atoms with van der Waals surface area (Å²) in [7, 11) is 0. The Labute approximate surface area is 142 Å². The molecule has 0 unspecified atom stereocenters. The Kier molecular flexibility index (Phi) is 4.24. The van der Waals surface area contributed by atoms with Gasteiger partial charge in [0, 0.05) is 6.20 Å². The van der Waals surface area contributed by atoms with Crippen molar-refractivity contribution in [2.24, 2.45) is 0 Å². The minimum atomic E-state index is -4.55. The number of benzene rings is 1. The third-order valence-electron chi connectivity index (χ3n) is 3.87. The summed E-state index contributed by atoms with van der Waals surface area (Å²) in [6.07, 6.45) is -2.32. The van der Waals surface area contributed by atoms with Gasteiger partial charge < -0.3 is 5.32 Å². The first-order valence-electron chi connectivity index (χ1n) is 7.76. The van der Waals surface area contributed by atoms with E-state index in [9.17, 15) is 18.0 Å². The summed E-state index contributed by atoms with van der Waals surface area (Å²) in [5.74, 6) is -0.619. The van der Waals surface area contributed by atoms with E-state index in [1.165, 1.54) is 18.2 Å². The van der Waals surface area contributed by atoms with Gasteiger partial charge in [-0.3, -0.25) is 9.20 Å². The number of anilines is 1. The Morgan fingerprint density at radius 3 is 2.60 bits per heavy atom. The third kappa shape index (κ3) is 3.22. The lowest BCUT2D eigenvalue weighted by molar-refractivity contribution is -0.136. The van der Waals surface area contributed by atoms with E-state index in [1.54, 1.807) is 16.7 Å². The number of nitrogens with one attached hydrogen (secondary N) is 1. The predicted octanol–water partition coefficient (Wildman–Crippen LogP) is 4.48. The quantitative estimate of drug-likeness (QED) is 0.759. The van der Waals surface area contributed by atoms with E-state index >= 15 is 0 Å². The summed E-state index contributed by atoms with van der Waals surface area (Å²) in [6.45, 7) is 3.71. The highest BCUT2D eigenvalue weighted by Gasteiger charge is 2.34. The number of fused-ring (bicyclic) bond motifs is 1. The van der Waals surface area contributed by atoms with Gasteiger partial charge in [-0.1, -0.05) is 25.1 Å². The smallest absolute Gasteiger partial charge is 0.320 e. The summed E-state index contributed by atoms with van der Waals surface area (Å²) in [5, 5.41) is 2.39. The fraction of sp³-hybridized carbons (Fsp3) is 0.222. The number of rotatable bonds is 3. The lowest BCUT2D eigenvalue weighted by atomic mass is 10.1. The van der Waals surface area contributed by atoms with Gasteiger partial charge in [-0.25, -0.2) is 4.98 Å². The lowest BCUT2D eigenvalue weighted by Gasteiger charge is -2.14. The molecule has 1 N–H and O–H groups in total. The number of nitrogens with zero attached hydrogens (tertiary/aromatic N) is 2. The Hall–Kier alpha value is -2.83. The van der Waals surface area contributed by atoms with Gasteiger partial charge in [-0.15, -0.1) is 0 Å². The number of para-hydroxylation sites is 1. The molecule has 0 aliphatic rings. The molecular formula is C18H16F3N3O. The second kappa shape index (κ2) is 6.23. The first-order valence-corrected chi connectivity index (χ1v) is 7.76. The second-order valence-corrected chi connectivity index (χ2v) is 5.69. The van der Waals surface area contributed by atoms with Crippen molar-refractivity contribution in [1.82, 2.24) is 9.38 Å². The van der Waals surface area contributed by atoms with Gasteiger partial charge in [0.2, 0.25) is 0 Å². The van der Waals surface area contributed by atoms with Gasteiger partial charge >= 0.3 is 6.18 Å². The van der Waals surface area contributed by atoms with Crippen LogP contribution in [-0.2, 0) is 12.6 Å². The van der Waals surface area contributed by atoms with Crippen LogP contribution < -0.4 is 5.32 Å². The van der Waals surface area contributed by atoms with Crippen LogP contribution in [0, 0.1) is 6.92 Å². The van der Waals surface area contributed by atoms with Gasteiger partial charge in [0.15, 0.2) is 0 Å². The average Bonchev–Trinajstić information content (AvgIpc) is 2.92. The average molecular weight is 347 g/mol. The highest BCUT2D eigenvalue weighted by molar-refractivity contribution is 6.05. The van der Waals surface area contributed by atoms with Gasteiger partial charge in [0.05, 0.1) is 16.9 Å². The molecule has 0 aliphatic heterocycles. The third-order valence-corrected chi connectivity index (χ3v) is 3.87. The number of amides is 1. The minimum Gasteiger partial charge on any atom is -0.320 e. The molecule has 3 rings (SSSR count). The molecule has 0 atom stereocenters. The number of alkyl halides is 3. The van der Waals surface area contributed by atoms with Gasteiger partial charge in [-0.2, -0.15) is 13.2 Å². The lowest BCUT2D eigenvalue weighted by Crippen LogP contribution is -2.19. The molecule has 1 aromatic carbocycles. The number of carbonyl (C=O) groups is 1. The van der Waals surface area contributed by atoms with Crippen molar-refractivity contribution in [3.8, 4) is 0 Å². The monoisotopic (exact) mass is 347 g/mol. The SMILES string of the molecule is CCc1nc2ccc(C)cn2c1C(=O)Nc1ccccc1C(F)(F)F. The highest BCUT2D eigenvalue weighted by atomic mass is 19.4. The molecule has 0 bridgehead atoms. The molecule has 0 radical (unpaired) electrons. The molecule has 0 fully saturated rings. The molecule has 2 heterocycles. The van der Waals surface area contributed by atoms with E-state index in [0.29, 0.717) is 17.8 Å². The Bertz CT molecular complexity index is 944. The van der Waals surface area contributed by atoms with Crippen LogP contribution in [0.2, 0.25) is 0 Å². The Morgan fingerprint density at radius 2 is 1.92 bits per heavy atom. The summed E-state index contributed by atoms with van der Waals surface area (Å²) in [4.78, 5) is 17.1. The summed E-state index contributed by atoms with van der Waals surface area (Å²) < 4.78 is 41.0. The summed E-state index contributed by atoms with van der Waals surface area (Å²) in [6, 6.07) is 8.55. The zero-order valence-corrected chi connectivity index (χ0v) is 13.7. The summed E-state index contributed by atoms with van der Waals surface area (Å²) in [5.41, 5.74) is 1.12. The van der Waals surface area contributed by atoms with Crippen LogP contribution in [0.25, 0.3) is 5.65 Å². The fourth-order valence-corrected chi connectivity index (χ4v) is 2.71. The second-order valence-electron chi connectivity index (χ2n) is 5.69. The molecule has 25 heavy (non-hydrogen) atoms. The van der Waals surface area contributed by atoms with Crippen LogP contribution in [0.4, 0.5) is 18.9 Å². The van der Waals surface area contributed by atoms with Crippen molar-refractivity contribution in [2.45, 2.75) is 26.4 Å². The predicted molar refractivity (Wildman–Crippen MR) is 88.7 cm³/mol. The van der Waals surface area contributed by atoms with E-state index < -0.39 is 17.6 Å². The van der Waals surface area contributed by atoms with E-state index in [1.807, 2.05) is 19.9 Å². The number of aromatic nitrogens is 2. The number of halogens is 3. The van der Waals surface area contributed by atoms with Crippen molar-refractivity contribution in [3.63, 3.8) is 0 Å². The normalized spacial score (nSPS) is 11.7. The number of hydrogen-bond donors (Lipinski definition) is 1. The number of pyridine rings is 1. The van der Waals surface area contributed by atoms with Gasteiger partial charge in [-0.05, 0) is 37.1 Å². The van der Waals surface area contributed by atoms with Crippen LogP contribution in [-0.4, -0.2) is 15.3 Å². The van der Waals surface area contributed by atoms with Crippen LogP contribution in [0.3, 0.4) is 0 Å². The number of carbonyl (C=O) groups excluding carboxylic acids is 1. The maximum absolute atomic E-state index is 13.1. The minimum absolute atomic E-state index is 0.248. The largest absolute Gasteiger partial charge is 0.418 e. The molecule has 0 saturated carbocycles. The molecule has 0 spiro atoms. The van der Waals surface area contributed by atoms with E-state index in [2.05, 4.69) is 10.3 Å². The van der Waals surface area contributed by atoms with Crippen molar-refractivity contribution in [3.05, 3.63) is 65.1 Å². The van der Waals surface area contributed by atoms with Crippen molar-refractivity contribution < 1.29 is 18.0 Å². The standard InChI is InChI=1S/C18H16F3N3O/c1-3-13-16(24-10-11(2)8-9-15(24)22-13)17(25)23-14-7-5-4-6-12(14)18(19,20)21/h4-10H,3H2,1-2H3,(H,23,25). The van der Waals surface area contributed by atoms with Gasteiger partial charge in [0.25, 0.3) is 5.91 Å². The zero-order valence-electron chi connectivity index (χ0n) is 13.7. The van der Waals surface area contributed by atoms with Crippen molar-refractivity contribution in [1.29, 1.82) is 0 Å². The summed E-state index contributed by atoms with van der Waals surface area (Å²) >= 11 is 0. The van der Waals surface area contributed by atoms with Crippen LogP contribution in [0.15, 0.2) is 42.6 Å². The molecule has 2 aromatic heterocycles. The topological polar surface area (TPSA) is 46.4 Å². The van der Waals surface area contributed by atoms with Crippen molar-refractivity contribution >= 4 is 17.2 Å². The first kappa shape index (κ1) is 17.0. The van der Waals surface area contributed by atoms with Gasteiger partial charge in [0.1, 0.15) is 11.3 Å². The molecule has 1 amide bonds. The molecule has 130 valence electrons.